The highest BCUT2D eigenvalue weighted by atomic mass is 19.3. The molecule has 7 amide bonds. The molecule has 0 bridgehead atoms. The Balaban J connectivity index is 2.68. The Hall–Kier alpha value is -4.33. The van der Waals surface area contributed by atoms with Gasteiger partial charge in [-0.1, -0.05) is 72.6 Å². The van der Waals surface area contributed by atoms with E-state index >= 15 is 0 Å². The number of likely N-dealkylation sites (N-methyl/N-ethyl adjacent to an activating group) is 1. The summed E-state index contributed by atoms with van der Waals surface area (Å²) in [6, 6.07) is -6.15. The summed E-state index contributed by atoms with van der Waals surface area (Å²) in [6.45, 7) is 10.1. The third-order valence-electron chi connectivity index (χ3n) is 11.0. The molecule has 0 radical (unpaired) electrons. The molecular formula is C43H75F2N7O11. The number of alkyl carbamates (subject to hydrolysis) is 1. The summed E-state index contributed by atoms with van der Waals surface area (Å²) in [6.07, 6.45) is 4.77. The average Bonchev–Trinajstić information content (AvgIpc) is 3.20. The molecule has 1 saturated heterocycles. The lowest BCUT2D eigenvalue weighted by Crippen LogP contribution is -2.62. The molecule has 2 fully saturated rings. The molecule has 2 rings (SSSR count). The van der Waals surface area contributed by atoms with E-state index < -0.39 is 116 Å². The van der Waals surface area contributed by atoms with Gasteiger partial charge >= 0.3 is 12.2 Å². The van der Waals surface area contributed by atoms with Crippen LogP contribution in [0, 0.1) is 17.8 Å². The third kappa shape index (κ3) is 20.4. The number of unbranched alkanes of at least 4 members (excludes halogenated alkanes) is 3. The summed E-state index contributed by atoms with van der Waals surface area (Å²) in [5.41, 5.74) is -0.931. The molecule has 1 aliphatic carbocycles. The molecule has 0 aromatic carbocycles. The molecule has 0 spiro atoms. The standard InChI is InChI=1S/C43H75F2N7O11/c1-10-11-12-16-19-33-28(5)39(57)52(9)32(20-26(2)3)37(55)51-34(29-17-14-13-15-18-29)38(56)49-30(21-46-41(60)63-42(6,7)8)35(53)50-31(36(54)48-27(4)22-62-33)23-61-25-43(44,45)24-47-40(58)59/h26-34,47H,10-25H2,1-9H3,(H,46,60)(H,48,54)(H,49,56)(H,50,53)(H,51,55)(H,58,59)/t27-,28-,30+,31+,32+,33-,34+/m1/s1. The van der Waals surface area contributed by atoms with Gasteiger partial charge in [-0.15, -0.1) is 0 Å². The Labute approximate surface area is 371 Å². The first-order valence-electron chi connectivity index (χ1n) is 22.4. The number of carbonyl (C=O) groups is 7. The first kappa shape index (κ1) is 54.8. The molecule has 7 N–H and O–H groups in total. The van der Waals surface area contributed by atoms with E-state index in [2.05, 4.69) is 33.5 Å². The van der Waals surface area contributed by atoms with Crippen LogP contribution in [0.2, 0.25) is 0 Å². The lowest BCUT2D eigenvalue weighted by Gasteiger charge is -2.36. The molecule has 0 unspecified atom stereocenters. The van der Waals surface area contributed by atoms with E-state index in [1.165, 1.54) is 4.90 Å². The molecule has 20 heteroatoms. The van der Waals surface area contributed by atoms with Crippen LogP contribution >= 0.6 is 0 Å². The Morgan fingerprint density at radius 2 is 1.52 bits per heavy atom. The summed E-state index contributed by atoms with van der Waals surface area (Å²) >= 11 is 0. The largest absolute Gasteiger partial charge is 0.465 e. The third-order valence-corrected chi connectivity index (χ3v) is 11.0. The van der Waals surface area contributed by atoms with E-state index in [9.17, 15) is 42.3 Å². The fourth-order valence-corrected chi connectivity index (χ4v) is 7.55. The normalized spacial score (nSPS) is 25.7. The minimum Gasteiger partial charge on any atom is -0.465 e. The van der Waals surface area contributed by atoms with Crippen LogP contribution in [0.1, 0.15) is 126 Å². The van der Waals surface area contributed by atoms with Gasteiger partial charge in [0.05, 0.1) is 38.3 Å². The second-order valence-corrected chi connectivity index (χ2v) is 18.4. The monoisotopic (exact) mass is 904 g/mol. The van der Waals surface area contributed by atoms with Crippen molar-refractivity contribution in [3.8, 4) is 0 Å². The van der Waals surface area contributed by atoms with Gasteiger partial charge < -0.3 is 56.1 Å². The molecule has 0 aromatic heterocycles. The Morgan fingerprint density at radius 1 is 0.889 bits per heavy atom. The van der Waals surface area contributed by atoms with E-state index in [1.54, 1.807) is 47.0 Å². The SMILES string of the molecule is CCCCCC[C@H]1OC[C@@H](C)NC(=O)[C@H](COCC(F)(F)CNC(=O)O)NC(=O)[C@H](CNC(=O)OC(C)(C)C)NC(=O)[C@H](C2CCCCC2)NC(=O)[C@H](CC(C)C)N(C)C(=O)[C@@H]1C. The molecule has 1 saturated carbocycles. The fourth-order valence-electron chi connectivity index (χ4n) is 7.55. The van der Waals surface area contributed by atoms with Crippen LogP contribution in [0.4, 0.5) is 18.4 Å². The highest BCUT2D eigenvalue weighted by Crippen LogP contribution is 2.28. The number of carbonyl (C=O) groups excluding carboxylic acids is 6. The van der Waals surface area contributed by atoms with Gasteiger partial charge in [0.15, 0.2) is 0 Å². The lowest BCUT2D eigenvalue weighted by atomic mass is 9.83. The molecule has 1 aliphatic heterocycles. The fraction of sp³-hybridized carbons (Fsp3) is 0.837. The topological polar surface area (TPSA) is 243 Å². The van der Waals surface area contributed by atoms with Crippen molar-refractivity contribution < 1.29 is 61.7 Å². The van der Waals surface area contributed by atoms with Crippen LogP contribution in [0.25, 0.3) is 0 Å². The van der Waals surface area contributed by atoms with E-state index in [-0.39, 0.29) is 30.8 Å². The number of ether oxygens (including phenoxy) is 3. The minimum atomic E-state index is -3.69. The number of nitrogens with one attached hydrogen (secondary N) is 6. The highest BCUT2D eigenvalue weighted by Gasteiger charge is 2.40. The number of rotatable bonds is 16. The van der Waals surface area contributed by atoms with Gasteiger partial charge in [-0.05, 0) is 65.2 Å². The van der Waals surface area contributed by atoms with Crippen molar-refractivity contribution in [3.63, 3.8) is 0 Å². The van der Waals surface area contributed by atoms with E-state index in [0.29, 0.717) is 19.3 Å². The average molecular weight is 904 g/mol. The summed E-state index contributed by atoms with van der Waals surface area (Å²) in [7, 11) is 1.56. The van der Waals surface area contributed by atoms with E-state index in [0.717, 1.165) is 44.9 Å². The smallest absolute Gasteiger partial charge is 0.407 e. The second-order valence-electron chi connectivity index (χ2n) is 18.4. The molecule has 7 atom stereocenters. The van der Waals surface area contributed by atoms with Crippen LogP contribution in [-0.4, -0.2) is 140 Å². The maximum Gasteiger partial charge on any atom is 0.407 e. The number of halogens is 2. The van der Waals surface area contributed by atoms with Gasteiger partial charge in [0.2, 0.25) is 29.5 Å². The Kier molecular flexibility index (Phi) is 23.0. The summed E-state index contributed by atoms with van der Waals surface area (Å²) in [4.78, 5) is 96.2. The number of hydrogen-bond acceptors (Lipinski definition) is 10. The van der Waals surface area contributed by atoms with Crippen molar-refractivity contribution >= 4 is 41.7 Å². The molecule has 362 valence electrons. The summed E-state index contributed by atoms with van der Waals surface area (Å²) in [5, 5.41) is 23.6. The van der Waals surface area contributed by atoms with E-state index in [4.69, 9.17) is 19.3 Å². The van der Waals surface area contributed by atoms with Gasteiger partial charge in [0, 0.05) is 13.1 Å². The highest BCUT2D eigenvalue weighted by molar-refractivity contribution is 5.96. The summed E-state index contributed by atoms with van der Waals surface area (Å²) < 4.78 is 45.9. The number of hydrogen-bond donors (Lipinski definition) is 7. The number of nitrogens with zero attached hydrogens (tertiary/aromatic N) is 1. The predicted octanol–water partition coefficient (Wildman–Crippen LogP) is 3.85. The molecule has 18 nitrogen and oxygen atoms in total. The van der Waals surface area contributed by atoms with Crippen molar-refractivity contribution in [1.29, 1.82) is 0 Å². The van der Waals surface area contributed by atoms with Crippen molar-refractivity contribution in [1.82, 2.24) is 36.8 Å². The minimum absolute atomic E-state index is 0.0306. The van der Waals surface area contributed by atoms with Gasteiger partial charge in [0.1, 0.15) is 36.4 Å². The number of carboxylic acid groups (broad SMARTS) is 1. The Morgan fingerprint density at radius 3 is 2.13 bits per heavy atom. The van der Waals surface area contributed by atoms with Crippen LogP contribution in [0.5, 0.6) is 0 Å². The summed E-state index contributed by atoms with van der Waals surface area (Å²) in [5.74, 6) is -8.35. The number of alkyl halides is 2. The quantitative estimate of drug-likeness (QED) is 0.110. The zero-order valence-corrected chi connectivity index (χ0v) is 38.7. The van der Waals surface area contributed by atoms with Crippen molar-refractivity contribution in [3.05, 3.63) is 0 Å². The zero-order chi connectivity index (χ0) is 47.5. The van der Waals surface area contributed by atoms with Crippen LogP contribution < -0.4 is 31.9 Å². The van der Waals surface area contributed by atoms with Crippen LogP contribution in [-0.2, 0) is 38.2 Å². The first-order chi connectivity index (χ1) is 29.4. The van der Waals surface area contributed by atoms with E-state index in [1.807, 2.05) is 13.8 Å². The zero-order valence-electron chi connectivity index (χ0n) is 38.7. The molecular weight excluding hydrogens is 829 g/mol. The predicted molar refractivity (Wildman–Crippen MR) is 230 cm³/mol. The van der Waals surface area contributed by atoms with Crippen molar-refractivity contribution in [2.75, 3.05) is 40.0 Å². The van der Waals surface area contributed by atoms with Gasteiger partial charge in [-0.3, -0.25) is 24.0 Å². The van der Waals surface area contributed by atoms with Gasteiger partial charge in [-0.2, -0.15) is 0 Å². The van der Waals surface area contributed by atoms with Crippen molar-refractivity contribution in [2.24, 2.45) is 17.8 Å². The lowest BCUT2D eigenvalue weighted by molar-refractivity contribution is -0.147. The second kappa shape index (κ2) is 26.5. The van der Waals surface area contributed by atoms with Crippen LogP contribution in [0.3, 0.4) is 0 Å². The molecule has 1 heterocycles. The maximum atomic E-state index is 14.5. The molecule has 2 aliphatic rings. The van der Waals surface area contributed by atoms with Gasteiger partial charge in [-0.25, -0.2) is 18.4 Å². The van der Waals surface area contributed by atoms with Crippen LogP contribution in [0.15, 0.2) is 0 Å². The Bertz CT molecular complexity index is 1510. The number of amides is 7. The molecule has 63 heavy (non-hydrogen) atoms. The van der Waals surface area contributed by atoms with Crippen molar-refractivity contribution in [2.45, 2.75) is 174 Å². The maximum absolute atomic E-state index is 14.5. The molecule has 0 aromatic rings. The van der Waals surface area contributed by atoms with Gasteiger partial charge in [0.25, 0.3) is 5.92 Å². The first-order valence-corrected chi connectivity index (χ1v) is 22.4.